The Morgan fingerprint density at radius 1 is 1.12 bits per heavy atom. The van der Waals surface area contributed by atoms with Gasteiger partial charge < -0.3 is 4.74 Å². The SMILES string of the molecule is O=S(=O)(/C=C/c1ccccc1)NCC1(c2cccs2)CCOCC1. The number of rotatable bonds is 6. The molecule has 0 amide bonds. The van der Waals surface area contributed by atoms with Crippen molar-refractivity contribution in [3.05, 3.63) is 63.7 Å². The Morgan fingerprint density at radius 3 is 2.54 bits per heavy atom. The van der Waals surface area contributed by atoms with Crippen LogP contribution in [0.1, 0.15) is 23.3 Å². The first-order valence-electron chi connectivity index (χ1n) is 7.94. The molecule has 2 heterocycles. The molecule has 0 unspecified atom stereocenters. The van der Waals surface area contributed by atoms with Crippen molar-refractivity contribution >= 4 is 27.4 Å². The summed E-state index contributed by atoms with van der Waals surface area (Å²) in [6.45, 7) is 1.73. The topological polar surface area (TPSA) is 55.4 Å². The largest absolute Gasteiger partial charge is 0.381 e. The summed E-state index contributed by atoms with van der Waals surface area (Å²) < 4.78 is 32.9. The zero-order chi connectivity index (χ0) is 16.9. The van der Waals surface area contributed by atoms with E-state index in [2.05, 4.69) is 10.8 Å². The summed E-state index contributed by atoms with van der Waals surface area (Å²) >= 11 is 1.68. The Labute approximate surface area is 147 Å². The highest BCUT2D eigenvalue weighted by molar-refractivity contribution is 7.92. The number of ether oxygens (including phenoxy) is 1. The van der Waals surface area contributed by atoms with Gasteiger partial charge in [-0.2, -0.15) is 0 Å². The van der Waals surface area contributed by atoms with Crippen molar-refractivity contribution in [2.24, 2.45) is 0 Å². The van der Waals surface area contributed by atoms with E-state index in [-0.39, 0.29) is 5.41 Å². The first-order chi connectivity index (χ1) is 11.6. The molecule has 24 heavy (non-hydrogen) atoms. The number of sulfonamides is 1. The molecule has 1 aliphatic rings. The number of hydrogen-bond donors (Lipinski definition) is 1. The lowest BCUT2D eigenvalue weighted by Gasteiger charge is -2.36. The molecule has 1 N–H and O–H groups in total. The van der Waals surface area contributed by atoms with E-state index in [1.54, 1.807) is 17.4 Å². The lowest BCUT2D eigenvalue weighted by Crippen LogP contribution is -2.43. The first kappa shape index (κ1) is 17.4. The highest BCUT2D eigenvalue weighted by atomic mass is 32.2. The Kier molecular flexibility index (Phi) is 5.50. The molecule has 128 valence electrons. The maximum absolute atomic E-state index is 12.3. The van der Waals surface area contributed by atoms with E-state index in [9.17, 15) is 8.42 Å². The Morgan fingerprint density at radius 2 is 1.88 bits per heavy atom. The van der Waals surface area contributed by atoms with E-state index in [1.807, 2.05) is 41.8 Å². The average molecular weight is 364 g/mol. The molecule has 1 aliphatic heterocycles. The van der Waals surface area contributed by atoms with Gasteiger partial charge in [0.2, 0.25) is 10.0 Å². The first-order valence-corrected chi connectivity index (χ1v) is 10.4. The minimum Gasteiger partial charge on any atom is -0.381 e. The number of thiophene rings is 1. The van der Waals surface area contributed by atoms with Crippen LogP contribution in [0.4, 0.5) is 0 Å². The van der Waals surface area contributed by atoms with Crippen LogP contribution in [0.3, 0.4) is 0 Å². The normalized spacial score (nSPS) is 18.0. The van der Waals surface area contributed by atoms with Crippen LogP contribution in [0.2, 0.25) is 0 Å². The molecule has 3 rings (SSSR count). The molecule has 0 spiro atoms. The van der Waals surface area contributed by atoms with Crippen LogP contribution in [-0.2, 0) is 20.2 Å². The zero-order valence-corrected chi connectivity index (χ0v) is 15.0. The van der Waals surface area contributed by atoms with Gasteiger partial charge in [0.1, 0.15) is 0 Å². The minimum atomic E-state index is -3.48. The van der Waals surface area contributed by atoms with E-state index in [1.165, 1.54) is 10.3 Å². The van der Waals surface area contributed by atoms with Crippen LogP contribution in [0.25, 0.3) is 6.08 Å². The Balaban J connectivity index is 1.71. The van der Waals surface area contributed by atoms with Crippen molar-refractivity contribution < 1.29 is 13.2 Å². The molecule has 1 fully saturated rings. The van der Waals surface area contributed by atoms with Crippen LogP contribution < -0.4 is 4.72 Å². The summed E-state index contributed by atoms with van der Waals surface area (Å²) in [6, 6.07) is 13.5. The monoisotopic (exact) mass is 363 g/mol. The molecule has 0 bridgehead atoms. The molecular weight excluding hydrogens is 342 g/mol. The van der Waals surface area contributed by atoms with Crippen molar-refractivity contribution in [1.82, 2.24) is 4.72 Å². The quantitative estimate of drug-likeness (QED) is 0.856. The molecule has 1 saturated heterocycles. The van der Waals surface area contributed by atoms with Gasteiger partial charge in [0, 0.05) is 35.5 Å². The fourth-order valence-corrected chi connectivity index (χ4v) is 4.77. The van der Waals surface area contributed by atoms with E-state index < -0.39 is 10.0 Å². The Bertz CT molecular complexity index is 762. The van der Waals surface area contributed by atoms with E-state index in [4.69, 9.17) is 4.74 Å². The van der Waals surface area contributed by atoms with Gasteiger partial charge in [0.05, 0.1) is 0 Å². The lowest BCUT2D eigenvalue weighted by molar-refractivity contribution is 0.0529. The van der Waals surface area contributed by atoms with Crippen molar-refractivity contribution in [2.45, 2.75) is 18.3 Å². The standard InChI is InChI=1S/C18H21NO3S2/c20-24(21,14-8-16-5-2-1-3-6-16)19-15-18(9-11-22-12-10-18)17-7-4-13-23-17/h1-8,13-14,19H,9-12,15H2/b14-8+. The molecule has 0 aliphatic carbocycles. The summed E-state index contributed by atoms with van der Waals surface area (Å²) in [4.78, 5) is 1.22. The van der Waals surface area contributed by atoms with Crippen LogP contribution >= 0.6 is 11.3 Å². The second-order valence-corrected chi connectivity index (χ2v) is 8.55. The highest BCUT2D eigenvalue weighted by Gasteiger charge is 2.36. The third-order valence-corrected chi connectivity index (χ3v) is 6.50. The van der Waals surface area contributed by atoms with Gasteiger partial charge in [-0.1, -0.05) is 36.4 Å². The molecule has 0 saturated carbocycles. The van der Waals surface area contributed by atoms with E-state index >= 15 is 0 Å². The van der Waals surface area contributed by atoms with Gasteiger partial charge in [0.15, 0.2) is 0 Å². The van der Waals surface area contributed by atoms with Crippen molar-refractivity contribution in [3.63, 3.8) is 0 Å². The van der Waals surface area contributed by atoms with Crippen molar-refractivity contribution in [3.8, 4) is 0 Å². The van der Waals surface area contributed by atoms with Crippen LogP contribution in [0.5, 0.6) is 0 Å². The van der Waals surface area contributed by atoms with Gasteiger partial charge in [-0.25, -0.2) is 13.1 Å². The molecule has 1 aromatic heterocycles. The van der Waals surface area contributed by atoms with Crippen molar-refractivity contribution in [2.75, 3.05) is 19.8 Å². The summed E-state index contributed by atoms with van der Waals surface area (Å²) in [5, 5.41) is 3.28. The molecule has 0 radical (unpaired) electrons. The third kappa shape index (κ3) is 4.33. The second kappa shape index (κ2) is 7.61. The average Bonchev–Trinajstić information content (AvgIpc) is 3.16. The summed E-state index contributed by atoms with van der Waals surface area (Å²) in [5.41, 5.74) is 0.696. The smallest absolute Gasteiger partial charge is 0.233 e. The van der Waals surface area contributed by atoms with Crippen LogP contribution in [-0.4, -0.2) is 28.2 Å². The number of hydrogen-bond acceptors (Lipinski definition) is 4. The molecule has 1 aromatic carbocycles. The van der Waals surface area contributed by atoms with Crippen molar-refractivity contribution in [1.29, 1.82) is 0 Å². The van der Waals surface area contributed by atoms with Gasteiger partial charge >= 0.3 is 0 Å². The second-order valence-electron chi connectivity index (χ2n) is 5.95. The van der Waals surface area contributed by atoms with Crippen LogP contribution in [0.15, 0.2) is 53.3 Å². The predicted octanol–water partition coefficient (Wildman–Crippen LogP) is 3.39. The molecule has 2 aromatic rings. The molecule has 4 nitrogen and oxygen atoms in total. The van der Waals surface area contributed by atoms with Gasteiger partial charge in [-0.15, -0.1) is 11.3 Å². The van der Waals surface area contributed by atoms with E-state index in [0.717, 1.165) is 18.4 Å². The maximum Gasteiger partial charge on any atom is 0.233 e. The summed E-state index contributed by atoms with van der Waals surface area (Å²) in [6.07, 6.45) is 3.28. The minimum absolute atomic E-state index is 0.167. The molecular formula is C18H21NO3S2. The van der Waals surface area contributed by atoms with Gasteiger partial charge in [-0.05, 0) is 35.9 Å². The lowest BCUT2D eigenvalue weighted by atomic mass is 9.79. The Hall–Kier alpha value is -1.47. The van der Waals surface area contributed by atoms with E-state index in [0.29, 0.717) is 19.8 Å². The molecule has 0 atom stereocenters. The zero-order valence-electron chi connectivity index (χ0n) is 13.4. The highest BCUT2D eigenvalue weighted by Crippen LogP contribution is 2.37. The van der Waals surface area contributed by atoms with Gasteiger partial charge in [-0.3, -0.25) is 0 Å². The fourth-order valence-electron chi connectivity index (χ4n) is 2.87. The predicted molar refractivity (Wildman–Crippen MR) is 98.4 cm³/mol. The number of benzene rings is 1. The maximum atomic E-state index is 12.3. The summed E-state index contributed by atoms with van der Waals surface area (Å²) in [7, 11) is -3.48. The fraction of sp³-hybridized carbons (Fsp3) is 0.333. The van der Waals surface area contributed by atoms with Gasteiger partial charge in [0.25, 0.3) is 0 Å². The third-order valence-electron chi connectivity index (χ3n) is 4.34. The summed E-state index contributed by atoms with van der Waals surface area (Å²) in [5.74, 6) is 0. The molecule has 6 heteroatoms. The van der Waals surface area contributed by atoms with Crippen LogP contribution in [0, 0.1) is 0 Å². The number of nitrogens with one attached hydrogen (secondary N) is 1.